The van der Waals surface area contributed by atoms with Gasteiger partial charge in [-0.1, -0.05) is 18.2 Å². The van der Waals surface area contributed by atoms with Gasteiger partial charge < -0.3 is 5.11 Å². The number of nitrogens with zero attached hydrogens (tertiary/aromatic N) is 4. The van der Waals surface area contributed by atoms with Gasteiger partial charge in [0.05, 0.1) is 12.3 Å². The van der Waals surface area contributed by atoms with Gasteiger partial charge in [0.15, 0.2) is 0 Å². The van der Waals surface area contributed by atoms with Crippen molar-refractivity contribution in [3.05, 3.63) is 36.3 Å². The summed E-state index contributed by atoms with van der Waals surface area (Å²) in [5.74, 6) is 0.250. The molecule has 0 aliphatic carbocycles. The first-order valence-corrected chi connectivity index (χ1v) is 6.23. The van der Waals surface area contributed by atoms with E-state index in [1.165, 1.54) is 4.68 Å². The molecule has 8 heteroatoms. The molecule has 2 aromatic rings. The molecule has 2 heterocycles. The molecule has 0 aliphatic heterocycles. The summed E-state index contributed by atoms with van der Waals surface area (Å²) < 4.78 is 1.36. The summed E-state index contributed by atoms with van der Waals surface area (Å²) in [5.41, 5.74) is 5.64. The number of anilines is 1. The van der Waals surface area contributed by atoms with Crippen LogP contribution in [0.15, 0.2) is 30.6 Å². The van der Waals surface area contributed by atoms with Gasteiger partial charge in [-0.25, -0.2) is 9.67 Å². The summed E-state index contributed by atoms with van der Waals surface area (Å²) in [4.78, 5) is 15.7. The molecule has 0 aliphatic rings. The van der Waals surface area contributed by atoms with E-state index < -0.39 is 6.10 Å². The fraction of sp³-hybridized carbons (Fsp3) is 0.333. The number of rotatable bonds is 6. The van der Waals surface area contributed by atoms with Crippen LogP contribution in [0.2, 0.25) is 0 Å². The Labute approximate surface area is 115 Å². The second-order valence-electron chi connectivity index (χ2n) is 4.15. The second kappa shape index (κ2) is 6.62. The Balaban J connectivity index is 1.84. The predicted octanol–water partition coefficient (Wildman–Crippen LogP) is 0.260. The smallest absolute Gasteiger partial charge is 0.260 e. The molecule has 0 saturated carbocycles. The van der Waals surface area contributed by atoms with Gasteiger partial charge in [-0.3, -0.25) is 15.6 Å². The summed E-state index contributed by atoms with van der Waals surface area (Å²) in [7, 11) is 0. The van der Waals surface area contributed by atoms with Crippen molar-refractivity contribution >= 4 is 11.7 Å². The molecule has 3 N–H and O–H groups in total. The number of hydrogen-bond donors (Lipinski definition) is 3. The molecule has 20 heavy (non-hydrogen) atoms. The quantitative estimate of drug-likeness (QED) is 0.654. The van der Waals surface area contributed by atoms with Gasteiger partial charge in [0.1, 0.15) is 18.1 Å². The van der Waals surface area contributed by atoms with E-state index in [1.54, 1.807) is 30.6 Å². The normalized spacial score (nSPS) is 11.9. The molecule has 0 aromatic carbocycles. The third kappa shape index (κ3) is 3.75. The maximum atomic E-state index is 11.7. The van der Waals surface area contributed by atoms with Gasteiger partial charge in [-0.05, 0) is 18.6 Å². The van der Waals surface area contributed by atoms with Crippen LogP contribution in [0, 0.1) is 0 Å². The number of hydrogen-bond acceptors (Lipinski definition) is 6. The van der Waals surface area contributed by atoms with E-state index in [0.717, 1.165) is 0 Å². The Morgan fingerprint density at radius 3 is 3.05 bits per heavy atom. The van der Waals surface area contributed by atoms with Crippen molar-refractivity contribution in [2.45, 2.75) is 26.0 Å². The average Bonchev–Trinajstić information content (AvgIpc) is 2.94. The van der Waals surface area contributed by atoms with Crippen LogP contribution in [-0.4, -0.2) is 31.0 Å². The third-order valence-corrected chi connectivity index (χ3v) is 2.58. The number of carbonyl (C=O) groups is 1. The van der Waals surface area contributed by atoms with Gasteiger partial charge >= 0.3 is 0 Å². The molecule has 106 valence electrons. The third-order valence-electron chi connectivity index (χ3n) is 2.58. The molecule has 0 fully saturated rings. The average molecular weight is 276 g/mol. The van der Waals surface area contributed by atoms with Crippen molar-refractivity contribution < 1.29 is 9.90 Å². The second-order valence-corrected chi connectivity index (χ2v) is 4.15. The number of aliphatic hydroxyl groups excluding tert-OH is 1. The van der Waals surface area contributed by atoms with Crippen LogP contribution in [0.3, 0.4) is 0 Å². The summed E-state index contributed by atoms with van der Waals surface area (Å²) >= 11 is 0. The van der Waals surface area contributed by atoms with E-state index in [1.807, 2.05) is 6.92 Å². The molecule has 2 aromatic heterocycles. The van der Waals surface area contributed by atoms with Crippen molar-refractivity contribution in [1.29, 1.82) is 0 Å². The van der Waals surface area contributed by atoms with E-state index in [9.17, 15) is 9.90 Å². The van der Waals surface area contributed by atoms with Crippen LogP contribution in [0.4, 0.5) is 5.82 Å². The first-order chi connectivity index (χ1) is 9.69. The van der Waals surface area contributed by atoms with Crippen LogP contribution in [0.1, 0.15) is 25.1 Å². The SMILES string of the molecule is CCC(O)c1cn(CC(=O)NNc2ccccn2)nn1. The summed E-state index contributed by atoms with van der Waals surface area (Å²) in [6, 6.07) is 5.31. The number of aromatic nitrogens is 4. The van der Waals surface area contributed by atoms with E-state index in [4.69, 9.17) is 0 Å². The Morgan fingerprint density at radius 2 is 2.35 bits per heavy atom. The standard InChI is InChI=1S/C12H16N6O2/c1-2-10(19)9-7-18(17-14-9)8-12(20)16-15-11-5-3-4-6-13-11/h3-7,10,19H,2,8H2,1H3,(H,13,15)(H,16,20). The van der Waals surface area contributed by atoms with Crippen LogP contribution in [-0.2, 0) is 11.3 Å². The fourth-order valence-electron chi connectivity index (χ4n) is 1.51. The van der Waals surface area contributed by atoms with Crippen LogP contribution in [0.25, 0.3) is 0 Å². The predicted molar refractivity (Wildman–Crippen MR) is 71.3 cm³/mol. The highest BCUT2D eigenvalue weighted by Gasteiger charge is 2.11. The minimum atomic E-state index is -0.654. The minimum Gasteiger partial charge on any atom is -0.387 e. The van der Waals surface area contributed by atoms with Crippen LogP contribution >= 0.6 is 0 Å². The molecule has 0 bridgehead atoms. The van der Waals surface area contributed by atoms with Gasteiger partial charge in [0.25, 0.3) is 5.91 Å². The molecule has 1 amide bonds. The molecule has 1 unspecified atom stereocenters. The van der Waals surface area contributed by atoms with Crippen LogP contribution < -0.4 is 10.9 Å². The first-order valence-electron chi connectivity index (χ1n) is 6.23. The Hall–Kier alpha value is -2.48. The maximum absolute atomic E-state index is 11.7. The molecule has 0 saturated heterocycles. The van der Waals surface area contributed by atoms with Gasteiger partial charge in [-0.2, -0.15) is 0 Å². The molecule has 2 rings (SSSR count). The lowest BCUT2D eigenvalue weighted by Crippen LogP contribution is -2.33. The van der Waals surface area contributed by atoms with Crippen molar-refractivity contribution in [3.63, 3.8) is 0 Å². The number of aliphatic hydroxyl groups is 1. The molecule has 1 atom stereocenters. The molecule has 8 nitrogen and oxygen atoms in total. The van der Waals surface area contributed by atoms with Crippen molar-refractivity contribution in [3.8, 4) is 0 Å². The zero-order valence-electron chi connectivity index (χ0n) is 11.0. The molecular formula is C12H16N6O2. The minimum absolute atomic E-state index is 0.00324. The van der Waals surface area contributed by atoms with E-state index in [0.29, 0.717) is 17.9 Å². The number of amides is 1. The van der Waals surface area contributed by atoms with E-state index in [2.05, 4.69) is 26.1 Å². The topological polar surface area (TPSA) is 105 Å². The van der Waals surface area contributed by atoms with Crippen LogP contribution in [0.5, 0.6) is 0 Å². The molecule has 0 radical (unpaired) electrons. The highest BCUT2D eigenvalue weighted by molar-refractivity contribution is 5.76. The van der Waals surface area contributed by atoms with Gasteiger partial charge in [0.2, 0.25) is 0 Å². The number of pyridine rings is 1. The van der Waals surface area contributed by atoms with E-state index >= 15 is 0 Å². The zero-order valence-corrected chi connectivity index (χ0v) is 11.0. The van der Waals surface area contributed by atoms with Crippen molar-refractivity contribution in [2.75, 3.05) is 5.43 Å². The van der Waals surface area contributed by atoms with E-state index in [-0.39, 0.29) is 12.5 Å². The Kier molecular flexibility index (Phi) is 4.61. The number of nitrogens with one attached hydrogen (secondary N) is 2. The number of carbonyl (C=O) groups excluding carboxylic acids is 1. The highest BCUT2D eigenvalue weighted by Crippen LogP contribution is 2.11. The highest BCUT2D eigenvalue weighted by atomic mass is 16.3. The largest absolute Gasteiger partial charge is 0.387 e. The fourth-order valence-corrected chi connectivity index (χ4v) is 1.51. The Bertz CT molecular complexity index is 556. The maximum Gasteiger partial charge on any atom is 0.260 e. The first kappa shape index (κ1) is 13.9. The summed E-state index contributed by atoms with van der Waals surface area (Å²) in [6.45, 7) is 1.84. The van der Waals surface area contributed by atoms with Crippen molar-refractivity contribution in [1.82, 2.24) is 25.4 Å². The lowest BCUT2D eigenvalue weighted by Gasteiger charge is -2.06. The van der Waals surface area contributed by atoms with Gasteiger partial charge in [0, 0.05) is 6.20 Å². The van der Waals surface area contributed by atoms with Crippen molar-refractivity contribution in [2.24, 2.45) is 0 Å². The lowest BCUT2D eigenvalue weighted by molar-refractivity contribution is -0.121. The lowest BCUT2D eigenvalue weighted by atomic mass is 10.2. The summed E-state index contributed by atoms with van der Waals surface area (Å²) in [6.07, 6.45) is 3.06. The Morgan fingerprint density at radius 1 is 1.50 bits per heavy atom. The molecular weight excluding hydrogens is 260 g/mol. The number of hydrazine groups is 1. The zero-order chi connectivity index (χ0) is 14.4. The monoisotopic (exact) mass is 276 g/mol. The molecule has 0 spiro atoms. The van der Waals surface area contributed by atoms with Gasteiger partial charge in [-0.15, -0.1) is 5.10 Å². The summed E-state index contributed by atoms with van der Waals surface area (Å²) in [5, 5.41) is 17.2.